The summed E-state index contributed by atoms with van der Waals surface area (Å²) >= 11 is 0. The predicted octanol–water partition coefficient (Wildman–Crippen LogP) is 27.8. The molecule has 0 atom stereocenters. The van der Waals surface area contributed by atoms with E-state index in [2.05, 4.69) is 208 Å². The van der Waals surface area contributed by atoms with Crippen LogP contribution >= 0.6 is 0 Å². The molecule has 9 aromatic heterocycles. The van der Waals surface area contributed by atoms with Gasteiger partial charge in [0.1, 0.15) is 0 Å². The van der Waals surface area contributed by atoms with Crippen molar-refractivity contribution in [3.63, 3.8) is 0 Å². The first-order valence-electron chi connectivity index (χ1n) is 44.7. The summed E-state index contributed by atoms with van der Waals surface area (Å²) in [4.78, 5) is 52.1. The molecule has 0 aliphatic rings. The fraction of sp³-hybridized carbons (Fsp3) is 0.0413. The number of rotatable bonds is 11. The van der Waals surface area contributed by atoms with Gasteiger partial charge in [0.25, 0.3) is 0 Å². The monoisotopic (exact) mass is 3140 g/mol. The number of benzene rings is 15. The Kier molecular flexibility index (Phi) is 46.0. The van der Waals surface area contributed by atoms with E-state index >= 15 is 0 Å². The number of nitrogens with zero attached hydrogens (tertiary/aromatic N) is 13. The van der Waals surface area contributed by atoms with Crippen molar-refractivity contribution in [1.29, 1.82) is 0 Å². The van der Waals surface area contributed by atoms with Crippen LogP contribution in [0.4, 0.5) is 0 Å². The van der Waals surface area contributed by atoms with E-state index in [1.54, 1.807) is 12.4 Å². The van der Waals surface area contributed by atoms with Gasteiger partial charge >= 0.3 is 0 Å². The molecule has 0 saturated heterocycles. The minimum atomic E-state index is -0.125. The number of para-hydroxylation sites is 11. The molecule has 15 aromatic carbocycles. The normalized spacial score (nSPS) is 10.3. The van der Waals surface area contributed by atoms with Crippen LogP contribution in [0.5, 0.6) is 0 Å². The standard InChI is InChI=1S/C19H11N2.2C19H13N2.C16H12N.C15H11N2.C15H10N.C8H6N3.2C5H8O2.7Ir/c1-2-9-15-13(7-1)14-8-3-5-11-17(14)21-18-12-6-4-10-16(18)20-19(15)21;2*1-3-9-15(10-4-1)19-20-17-13-7-8-14-18(17)21(19)16-11-5-2-6-12-16;1-12-11-14-9-5-6-10-15(14)17-16(12)13-7-3-2-4-8-13;1-3-7-13(8-4-1)15-16-11-12-17(15)14-9-5-2-6-10-14;1-2-7-13(8-3-1)15-14-9-5-4-6-12(14)10-11-16-15;1-2-5-9-7(3-1)8-4-6-10-11-8;2*1-4(6)3-5(2)7;;;;;;;/h1-8,10-12H;2*1-9,11-14H;2-7,9-11H,1H3;1-7,9-12H;1-7,9-11H;1-6H;2*3,6H,1-2H3;;;;;;;/q7*-1;;;;;;;;;. The maximum atomic E-state index is 10.0. The zero-order valence-corrected chi connectivity index (χ0v) is 95.4. The van der Waals surface area contributed by atoms with Gasteiger partial charge in [-0.25, -0.2) is 0 Å². The number of aliphatic hydroxyl groups is 2. The first-order valence-corrected chi connectivity index (χ1v) is 44.7. The Bertz CT molecular complexity index is 7960. The van der Waals surface area contributed by atoms with Crippen molar-refractivity contribution in [1.82, 2.24) is 63.2 Å². The summed E-state index contributed by atoms with van der Waals surface area (Å²) < 4.78 is 8.66. The quantitative estimate of drug-likeness (QED) is 0.0535. The van der Waals surface area contributed by atoms with Crippen LogP contribution in [0.1, 0.15) is 33.3 Å². The summed E-state index contributed by atoms with van der Waals surface area (Å²) in [5.74, 6) is 2.63. The average molecular weight is 3140 g/mol. The Morgan fingerprint density at radius 1 is 0.317 bits per heavy atom. The van der Waals surface area contributed by atoms with Crippen LogP contribution in [0, 0.1) is 43.3 Å². The first-order chi connectivity index (χ1) is 67.8. The number of aryl methyl sites for hydroxylation is 1. The largest absolute Gasteiger partial charge is 0.574 e. The summed E-state index contributed by atoms with van der Waals surface area (Å²) in [6.45, 7) is 7.79. The number of carbonyl (C=O) groups excluding carboxylic acids is 2. The zero-order chi connectivity index (χ0) is 95.2. The van der Waals surface area contributed by atoms with Crippen LogP contribution < -0.4 is 5.10 Å². The van der Waals surface area contributed by atoms with Gasteiger partial charge in [0.05, 0.1) is 73.3 Å². The first kappa shape index (κ1) is 115. The number of fused-ring (bicyclic) bond motifs is 12. The molecule has 0 aliphatic heterocycles. The van der Waals surface area contributed by atoms with Gasteiger partial charge in [-0.05, 0) is 171 Å². The van der Waals surface area contributed by atoms with Crippen LogP contribution in [0.15, 0.2) is 467 Å². The van der Waals surface area contributed by atoms with Crippen molar-refractivity contribution in [2.75, 3.05) is 0 Å². The molecular weight excluding hydrogens is 3040 g/mol. The van der Waals surface area contributed by atoms with Gasteiger partial charge in [0, 0.05) is 212 Å². The summed E-state index contributed by atoms with van der Waals surface area (Å²) in [5.41, 5.74) is 22.9. The summed E-state index contributed by atoms with van der Waals surface area (Å²) in [6.07, 6.45) is 11.3. The second kappa shape index (κ2) is 58.1. The third-order valence-electron chi connectivity index (χ3n) is 21.5. The average Bonchev–Trinajstić information content (AvgIpc) is 1.58. The molecule has 2 N–H and O–H groups in total. The van der Waals surface area contributed by atoms with Gasteiger partial charge < -0.3 is 43.5 Å². The molecule has 17 nitrogen and oxygen atoms in total. The fourth-order valence-electron chi connectivity index (χ4n) is 15.5. The van der Waals surface area contributed by atoms with Crippen LogP contribution in [0.25, 0.3) is 167 Å². The van der Waals surface area contributed by atoms with E-state index in [1.165, 1.54) is 77.9 Å². The Morgan fingerprint density at radius 3 is 1.21 bits per heavy atom. The van der Waals surface area contributed by atoms with Gasteiger partial charge in [-0.15, -0.1) is 209 Å². The third kappa shape index (κ3) is 30.1. The summed E-state index contributed by atoms with van der Waals surface area (Å²) in [6, 6.07) is 158. The molecule has 9 heterocycles. The summed E-state index contributed by atoms with van der Waals surface area (Å²) in [7, 11) is 0. The molecule has 7 radical (unpaired) electrons. The van der Waals surface area contributed by atoms with E-state index in [-0.39, 0.29) is 164 Å². The Balaban J connectivity index is 0.000000184. The number of aromatic nitrogens is 13. The number of ketones is 2. The van der Waals surface area contributed by atoms with Crippen LogP contribution in [-0.2, 0) is 150 Å². The number of hydrogen-bond donors (Lipinski definition) is 2. The molecule has 0 amide bonds. The number of hydrogen-bond acceptors (Lipinski definition) is 12. The molecule has 0 spiro atoms. The maximum absolute atomic E-state index is 10.0. The minimum Gasteiger partial charge on any atom is -0.574 e. The number of carbonyl (C=O) groups is 2. The molecular formula is C121H92Ir7N13O4-7. The van der Waals surface area contributed by atoms with Crippen molar-refractivity contribution >= 4 is 93.7 Å². The predicted molar refractivity (Wildman–Crippen MR) is 557 cm³/mol. The third-order valence-corrected chi connectivity index (χ3v) is 21.5. The fourth-order valence-corrected chi connectivity index (χ4v) is 15.5. The topological polar surface area (TPSA) is 211 Å². The smallest absolute Gasteiger partial charge is 0.155 e. The molecule has 0 saturated carbocycles. The Hall–Kier alpha value is -13.9. The van der Waals surface area contributed by atoms with Gasteiger partial charge in [0.2, 0.25) is 0 Å². The van der Waals surface area contributed by atoms with Crippen molar-refractivity contribution in [3.8, 4) is 85.1 Å². The number of pyridine rings is 4. The zero-order valence-electron chi connectivity index (χ0n) is 78.7. The number of aliphatic hydroxyl groups excluding tert-OH is 2. The number of allylic oxidation sites excluding steroid dienone is 4. The molecule has 24 heteroatoms. The molecule has 145 heavy (non-hydrogen) atoms. The van der Waals surface area contributed by atoms with Gasteiger partial charge in [-0.2, -0.15) is 0 Å². The Labute approximate surface area is 936 Å². The number of imidazole rings is 4. The van der Waals surface area contributed by atoms with Crippen molar-refractivity contribution < 1.29 is 161 Å². The maximum Gasteiger partial charge on any atom is 0.155 e. The van der Waals surface area contributed by atoms with Crippen LogP contribution in [0.3, 0.4) is 0 Å². The molecule has 0 unspecified atom stereocenters. The van der Waals surface area contributed by atoms with E-state index in [1.807, 2.05) is 310 Å². The molecule has 0 fully saturated rings. The second-order valence-corrected chi connectivity index (χ2v) is 31.4. The molecule has 0 aliphatic carbocycles. The molecule has 735 valence electrons. The van der Waals surface area contributed by atoms with Crippen LogP contribution in [-0.4, -0.2) is 79.9 Å². The van der Waals surface area contributed by atoms with Crippen molar-refractivity contribution in [3.05, 3.63) is 509 Å². The van der Waals surface area contributed by atoms with Gasteiger partial charge in [-0.1, -0.05) is 187 Å². The van der Waals surface area contributed by atoms with Gasteiger partial charge in [-0.3, -0.25) is 39.5 Å². The Morgan fingerprint density at radius 2 is 0.731 bits per heavy atom. The molecule has 24 rings (SSSR count). The van der Waals surface area contributed by atoms with E-state index in [9.17, 15) is 9.59 Å². The minimum absolute atomic E-state index is 0. The summed E-state index contributed by atoms with van der Waals surface area (Å²) in [5, 5.41) is 31.4. The van der Waals surface area contributed by atoms with E-state index in [4.69, 9.17) is 30.1 Å². The second-order valence-electron chi connectivity index (χ2n) is 31.4. The van der Waals surface area contributed by atoms with E-state index < -0.39 is 0 Å². The SMILES string of the molecule is CC(=O)C=C(C)O.CC(=O)C=C(C)O.Cc1cc2ccccc2nc1-c1[c-]cccc1.[Ir].[Ir].[Ir].[Ir].[Ir].[Ir].[Ir].[c-]1cccc2c1c1nc3ccccc3n1c1ccccc21.[c-]1ccccc1-c1nc2ccccc2n1-c1ccccc1.[c-]1ccccc1-c1nc2ccccc2n1-c1ccccc1.[c-]1ccccc1-c1nccc2ccccc12.[c-]1ccccc1-c1nccn1-c1ccccc1.c1ccc(-c2ccn[n-]2)nc1. The van der Waals surface area contributed by atoms with E-state index in [0.29, 0.717) is 0 Å². The van der Waals surface area contributed by atoms with Gasteiger partial charge in [0.15, 0.2) is 11.6 Å². The molecule has 24 aromatic rings. The molecule has 0 bridgehead atoms. The van der Waals surface area contributed by atoms with Crippen molar-refractivity contribution in [2.24, 2.45) is 0 Å². The van der Waals surface area contributed by atoms with E-state index in [0.717, 1.165) is 135 Å². The van der Waals surface area contributed by atoms with Crippen LogP contribution in [0.2, 0.25) is 0 Å². The van der Waals surface area contributed by atoms with Crippen molar-refractivity contribution in [2.45, 2.75) is 34.6 Å².